The minimum Gasteiger partial charge on any atom is -0.307 e. The van der Waals surface area contributed by atoms with E-state index in [0.717, 1.165) is 19.6 Å². The standard InChI is InChI=1S/C16H22N4/c1-13-8-17-16(15-6-4-3-5-7-15)12-20(13)11-14-9-18-19(2)10-14/h3-7,9-10,13,16-17H,8,11-12H2,1-2H3. The fraction of sp³-hybridized carbons (Fsp3) is 0.438. The summed E-state index contributed by atoms with van der Waals surface area (Å²) in [5, 5.41) is 7.90. The van der Waals surface area contributed by atoms with E-state index in [-0.39, 0.29) is 0 Å². The van der Waals surface area contributed by atoms with Crippen LogP contribution in [0.15, 0.2) is 42.7 Å². The first-order valence-electron chi connectivity index (χ1n) is 7.22. The van der Waals surface area contributed by atoms with Gasteiger partial charge in [-0.15, -0.1) is 0 Å². The van der Waals surface area contributed by atoms with E-state index in [2.05, 4.69) is 58.8 Å². The van der Waals surface area contributed by atoms with Crippen LogP contribution in [0.25, 0.3) is 0 Å². The van der Waals surface area contributed by atoms with Gasteiger partial charge in [0.1, 0.15) is 0 Å². The van der Waals surface area contributed by atoms with E-state index in [1.807, 2.05) is 17.9 Å². The first-order chi connectivity index (χ1) is 9.72. The number of aromatic nitrogens is 2. The highest BCUT2D eigenvalue weighted by Crippen LogP contribution is 2.21. The van der Waals surface area contributed by atoms with Crippen molar-refractivity contribution < 1.29 is 0 Å². The van der Waals surface area contributed by atoms with E-state index in [1.54, 1.807) is 0 Å². The van der Waals surface area contributed by atoms with Crippen molar-refractivity contribution in [1.82, 2.24) is 20.0 Å². The Kier molecular flexibility index (Phi) is 3.85. The summed E-state index contributed by atoms with van der Waals surface area (Å²) in [7, 11) is 1.97. The molecule has 0 aliphatic carbocycles. The predicted octanol–water partition coefficient (Wildman–Crippen LogP) is 1.96. The average molecular weight is 270 g/mol. The van der Waals surface area contributed by atoms with E-state index in [4.69, 9.17) is 0 Å². The van der Waals surface area contributed by atoms with Crippen molar-refractivity contribution in [3.05, 3.63) is 53.9 Å². The topological polar surface area (TPSA) is 33.1 Å². The van der Waals surface area contributed by atoms with Gasteiger partial charge in [-0.05, 0) is 12.5 Å². The van der Waals surface area contributed by atoms with Gasteiger partial charge in [0.05, 0.1) is 6.20 Å². The molecule has 20 heavy (non-hydrogen) atoms. The van der Waals surface area contributed by atoms with Gasteiger partial charge < -0.3 is 5.32 Å². The Bertz CT molecular complexity index is 549. The highest BCUT2D eigenvalue weighted by molar-refractivity contribution is 5.20. The van der Waals surface area contributed by atoms with Gasteiger partial charge in [-0.2, -0.15) is 5.10 Å². The largest absolute Gasteiger partial charge is 0.307 e. The zero-order valence-corrected chi connectivity index (χ0v) is 12.2. The van der Waals surface area contributed by atoms with Crippen LogP contribution in [0.2, 0.25) is 0 Å². The summed E-state index contributed by atoms with van der Waals surface area (Å²) in [5.41, 5.74) is 2.66. The van der Waals surface area contributed by atoms with Crippen LogP contribution in [-0.4, -0.2) is 33.8 Å². The lowest BCUT2D eigenvalue weighted by Crippen LogP contribution is -2.50. The van der Waals surface area contributed by atoms with Crippen molar-refractivity contribution >= 4 is 0 Å². The molecular weight excluding hydrogens is 248 g/mol. The minimum atomic E-state index is 0.420. The number of piperazine rings is 1. The summed E-state index contributed by atoms with van der Waals surface area (Å²) in [6.07, 6.45) is 4.07. The van der Waals surface area contributed by atoms with Crippen molar-refractivity contribution in [2.45, 2.75) is 25.6 Å². The maximum Gasteiger partial charge on any atom is 0.0534 e. The highest BCUT2D eigenvalue weighted by Gasteiger charge is 2.25. The first kappa shape index (κ1) is 13.3. The molecule has 0 saturated carbocycles. The van der Waals surface area contributed by atoms with E-state index in [9.17, 15) is 0 Å². The minimum absolute atomic E-state index is 0.420. The Hall–Kier alpha value is -1.65. The van der Waals surface area contributed by atoms with Gasteiger partial charge in [-0.25, -0.2) is 0 Å². The molecule has 1 aromatic heterocycles. The van der Waals surface area contributed by atoms with E-state index < -0.39 is 0 Å². The molecule has 2 atom stereocenters. The van der Waals surface area contributed by atoms with Gasteiger partial charge in [-0.1, -0.05) is 30.3 Å². The molecule has 1 fully saturated rings. The molecule has 2 heterocycles. The lowest BCUT2D eigenvalue weighted by molar-refractivity contribution is 0.133. The summed E-state index contributed by atoms with van der Waals surface area (Å²) in [6.45, 7) is 5.32. The Morgan fingerprint density at radius 3 is 2.80 bits per heavy atom. The van der Waals surface area contributed by atoms with Crippen LogP contribution < -0.4 is 5.32 Å². The molecule has 0 radical (unpaired) electrons. The second kappa shape index (κ2) is 5.77. The highest BCUT2D eigenvalue weighted by atomic mass is 15.3. The van der Waals surface area contributed by atoms with Crippen molar-refractivity contribution in [3.63, 3.8) is 0 Å². The fourth-order valence-electron chi connectivity index (χ4n) is 2.84. The third-order valence-electron chi connectivity index (χ3n) is 4.05. The van der Waals surface area contributed by atoms with Crippen LogP contribution in [0.1, 0.15) is 24.1 Å². The van der Waals surface area contributed by atoms with Crippen molar-refractivity contribution in [2.24, 2.45) is 7.05 Å². The van der Waals surface area contributed by atoms with Crippen LogP contribution in [0.4, 0.5) is 0 Å². The van der Waals surface area contributed by atoms with Gasteiger partial charge in [-0.3, -0.25) is 9.58 Å². The lowest BCUT2D eigenvalue weighted by Gasteiger charge is -2.38. The summed E-state index contributed by atoms with van der Waals surface area (Å²) >= 11 is 0. The van der Waals surface area contributed by atoms with E-state index in [1.165, 1.54) is 11.1 Å². The molecule has 1 aliphatic heterocycles. The third-order valence-corrected chi connectivity index (χ3v) is 4.05. The Morgan fingerprint density at radius 2 is 2.10 bits per heavy atom. The lowest BCUT2D eigenvalue weighted by atomic mass is 10.0. The summed E-state index contributed by atoms with van der Waals surface area (Å²) in [6, 6.07) is 11.7. The first-order valence-corrected chi connectivity index (χ1v) is 7.22. The molecule has 2 aromatic rings. The van der Waals surface area contributed by atoms with Crippen LogP contribution >= 0.6 is 0 Å². The third kappa shape index (κ3) is 2.92. The molecule has 0 amide bonds. The van der Waals surface area contributed by atoms with E-state index in [0.29, 0.717) is 12.1 Å². The predicted molar refractivity (Wildman–Crippen MR) is 80.3 cm³/mol. The van der Waals surface area contributed by atoms with Gasteiger partial charge in [0.15, 0.2) is 0 Å². The summed E-state index contributed by atoms with van der Waals surface area (Å²) in [4.78, 5) is 2.53. The number of hydrogen-bond acceptors (Lipinski definition) is 3. The zero-order chi connectivity index (χ0) is 13.9. The number of nitrogens with zero attached hydrogens (tertiary/aromatic N) is 3. The van der Waals surface area contributed by atoms with Crippen molar-refractivity contribution in [3.8, 4) is 0 Å². The van der Waals surface area contributed by atoms with Crippen LogP contribution in [0.5, 0.6) is 0 Å². The van der Waals surface area contributed by atoms with Gasteiger partial charge >= 0.3 is 0 Å². The molecule has 1 saturated heterocycles. The van der Waals surface area contributed by atoms with Gasteiger partial charge in [0.25, 0.3) is 0 Å². The maximum atomic E-state index is 4.26. The van der Waals surface area contributed by atoms with Crippen LogP contribution in [0, 0.1) is 0 Å². The fourth-order valence-corrected chi connectivity index (χ4v) is 2.84. The number of rotatable bonds is 3. The van der Waals surface area contributed by atoms with Crippen molar-refractivity contribution in [2.75, 3.05) is 13.1 Å². The molecule has 0 spiro atoms. The molecule has 2 unspecified atom stereocenters. The second-order valence-electron chi connectivity index (χ2n) is 5.67. The molecule has 3 rings (SSSR count). The molecule has 1 aliphatic rings. The smallest absolute Gasteiger partial charge is 0.0534 e. The Morgan fingerprint density at radius 1 is 1.30 bits per heavy atom. The molecular formula is C16H22N4. The Balaban J connectivity index is 1.70. The quantitative estimate of drug-likeness (QED) is 0.925. The monoisotopic (exact) mass is 270 g/mol. The summed E-state index contributed by atoms with van der Waals surface area (Å²) in [5.74, 6) is 0. The summed E-state index contributed by atoms with van der Waals surface area (Å²) < 4.78 is 1.87. The van der Waals surface area contributed by atoms with Gasteiger partial charge in [0.2, 0.25) is 0 Å². The molecule has 0 bridgehead atoms. The maximum absolute atomic E-state index is 4.26. The normalized spacial score (nSPS) is 23.9. The van der Waals surface area contributed by atoms with Gasteiger partial charge in [0, 0.05) is 50.5 Å². The van der Waals surface area contributed by atoms with Crippen LogP contribution in [-0.2, 0) is 13.6 Å². The number of nitrogens with one attached hydrogen (secondary N) is 1. The molecule has 4 nitrogen and oxygen atoms in total. The molecule has 1 N–H and O–H groups in total. The number of benzene rings is 1. The average Bonchev–Trinajstić information content (AvgIpc) is 2.88. The number of aryl methyl sites for hydroxylation is 1. The van der Waals surface area contributed by atoms with Crippen molar-refractivity contribution in [1.29, 1.82) is 0 Å². The SMILES string of the molecule is CC1CNC(c2ccccc2)CN1Cc1cnn(C)c1. The zero-order valence-electron chi connectivity index (χ0n) is 12.2. The van der Waals surface area contributed by atoms with E-state index >= 15 is 0 Å². The Labute approximate surface area is 120 Å². The number of hydrogen-bond donors (Lipinski definition) is 1. The molecule has 106 valence electrons. The second-order valence-corrected chi connectivity index (χ2v) is 5.67. The molecule has 1 aromatic carbocycles. The van der Waals surface area contributed by atoms with Crippen LogP contribution in [0.3, 0.4) is 0 Å². The molecule has 4 heteroatoms.